The number of rotatable bonds is 4. The fraction of sp³-hybridized carbons (Fsp3) is 0.333. The van der Waals surface area contributed by atoms with Crippen molar-refractivity contribution in [3.8, 4) is 0 Å². The van der Waals surface area contributed by atoms with Crippen LogP contribution in [0.4, 0.5) is 13.2 Å². The topological polar surface area (TPSA) is 71.3 Å². The summed E-state index contributed by atoms with van der Waals surface area (Å²) in [5.41, 5.74) is -1.65. The molecule has 1 aromatic heterocycles. The average Bonchev–Trinajstić information content (AvgIpc) is 2.52. The minimum Gasteiger partial charge on any atom is -0.395 e. The molecule has 0 aliphatic carbocycles. The zero-order chi connectivity index (χ0) is 17.2. The van der Waals surface area contributed by atoms with Crippen molar-refractivity contribution < 1.29 is 23.1 Å². The quantitative estimate of drug-likeness (QED) is 0.898. The first-order valence-electron chi connectivity index (χ1n) is 6.93. The maximum absolute atomic E-state index is 12.8. The molecule has 0 saturated carbocycles. The summed E-state index contributed by atoms with van der Waals surface area (Å²) in [6.07, 6.45) is -3.27. The molecule has 0 spiro atoms. The molecule has 1 aromatic carbocycles. The number of alkyl halides is 3. The number of aliphatic hydroxyl groups is 1. The molecule has 0 atom stereocenters. The summed E-state index contributed by atoms with van der Waals surface area (Å²) >= 11 is 0. The number of halogens is 3. The number of aliphatic hydroxyl groups excluding tert-OH is 1. The van der Waals surface area contributed by atoms with Crippen molar-refractivity contribution in [2.45, 2.75) is 19.6 Å². The van der Waals surface area contributed by atoms with E-state index in [1.165, 1.54) is 16.8 Å². The predicted octanol–water partition coefficient (Wildman–Crippen LogP) is 1.76. The molecule has 0 unspecified atom stereocenters. The number of pyridine rings is 1. The van der Waals surface area contributed by atoms with Crippen LogP contribution in [0.25, 0.3) is 10.9 Å². The molecule has 124 valence electrons. The Bertz CT molecular complexity index is 797. The van der Waals surface area contributed by atoms with Crippen molar-refractivity contribution in [1.82, 2.24) is 9.88 Å². The van der Waals surface area contributed by atoms with E-state index in [9.17, 15) is 22.8 Å². The summed E-state index contributed by atoms with van der Waals surface area (Å²) < 4.78 is 40.1. The van der Waals surface area contributed by atoms with Gasteiger partial charge < -0.3 is 15.0 Å². The molecule has 0 fully saturated rings. The minimum atomic E-state index is -4.58. The van der Waals surface area contributed by atoms with Gasteiger partial charge in [0.05, 0.1) is 17.7 Å². The normalized spacial score (nSPS) is 11.7. The Morgan fingerprint density at radius 1 is 1.35 bits per heavy atom. The standard InChI is InChI=1S/C15H15F3N2O3/c1-2-20-8-11(14(23)19-5-6-21)13(22)10-7-9(15(16,17)18)3-4-12(10)20/h3-4,7-8,21H,2,5-6H2,1H3,(H,19,23). The van der Waals surface area contributed by atoms with Crippen LogP contribution in [0.3, 0.4) is 0 Å². The number of benzene rings is 1. The summed E-state index contributed by atoms with van der Waals surface area (Å²) in [5, 5.41) is 10.9. The van der Waals surface area contributed by atoms with E-state index in [1.807, 2.05) is 0 Å². The third kappa shape index (κ3) is 3.37. The van der Waals surface area contributed by atoms with Crippen LogP contribution in [0.2, 0.25) is 0 Å². The molecule has 0 radical (unpaired) electrons. The van der Waals surface area contributed by atoms with Crippen molar-refractivity contribution in [3.63, 3.8) is 0 Å². The zero-order valence-corrected chi connectivity index (χ0v) is 12.3. The van der Waals surface area contributed by atoms with Gasteiger partial charge in [0.2, 0.25) is 5.43 Å². The number of aromatic nitrogens is 1. The van der Waals surface area contributed by atoms with Crippen molar-refractivity contribution in [2.24, 2.45) is 0 Å². The van der Waals surface area contributed by atoms with Gasteiger partial charge in [-0.1, -0.05) is 0 Å². The van der Waals surface area contributed by atoms with Crippen molar-refractivity contribution in [3.05, 3.63) is 45.7 Å². The first kappa shape index (κ1) is 17.0. The number of nitrogens with zero attached hydrogens (tertiary/aromatic N) is 1. The number of hydrogen-bond donors (Lipinski definition) is 2. The molecule has 23 heavy (non-hydrogen) atoms. The van der Waals surface area contributed by atoms with E-state index in [1.54, 1.807) is 6.92 Å². The molecule has 0 aliphatic rings. The minimum absolute atomic E-state index is 0.0506. The fourth-order valence-electron chi connectivity index (χ4n) is 2.26. The van der Waals surface area contributed by atoms with Crippen LogP contribution in [0.15, 0.2) is 29.2 Å². The van der Waals surface area contributed by atoms with Crippen LogP contribution in [-0.2, 0) is 12.7 Å². The molecular weight excluding hydrogens is 313 g/mol. The van der Waals surface area contributed by atoms with Crippen molar-refractivity contribution in [2.75, 3.05) is 13.2 Å². The van der Waals surface area contributed by atoms with Gasteiger partial charge in [0.15, 0.2) is 0 Å². The highest BCUT2D eigenvalue weighted by molar-refractivity contribution is 5.97. The third-order valence-corrected chi connectivity index (χ3v) is 3.39. The summed E-state index contributed by atoms with van der Waals surface area (Å²) in [4.78, 5) is 24.3. The summed E-state index contributed by atoms with van der Waals surface area (Å²) in [7, 11) is 0. The Morgan fingerprint density at radius 2 is 2.04 bits per heavy atom. The number of carbonyl (C=O) groups is 1. The monoisotopic (exact) mass is 328 g/mol. The lowest BCUT2D eigenvalue weighted by Crippen LogP contribution is -2.31. The van der Waals surface area contributed by atoms with E-state index in [0.29, 0.717) is 12.1 Å². The van der Waals surface area contributed by atoms with Crippen LogP contribution in [0.1, 0.15) is 22.8 Å². The number of nitrogens with one attached hydrogen (secondary N) is 1. The predicted molar refractivity (Wildman–Crippen MR) is 78.3 cm³/mol. The van der Waals surface area contributed by atoms with E-state index < -0.39 is 23.1 Å². The molecule has 2 rings (SSSR count). The smallest absolute Gasteiger partial charge is 0.395 e. The van der Waals surface area contributed by atoms with Crippen molar-refractivity contribution >= 4 is 16.8 Å². The van der Waals surface area contributed by atoms with Gasteiger partial charge in [-0.25, -0.2) is 0 Å². The molecule has 8 heteroatoms. The lowest BCUT2D eigenvalue weighted by molar-refractivity contribution is -0.137. The number of carbonyl (C=O) groups excluding carboxylic acids is 1. The van der Waals surface area contributed by atoms with E-state index in [0.717, 1.165) is 12.1 Å². The van der Waals surface area contributed by atoms with E-state index in [-0.39, 0.29) is 24.1 Å². The third-order valence-electron chi connectivity index (χ3n) is 3.39. The fourth-order valence-corrected chi connectivity index (χ4v) is 2.26. The lowest BCUT2D eigenvalue weighted by atomic mass is 10.1. The highest BCUT2D eigenvalue weighted by Gasteiger charge is 2.31. The van der Waals surface area contributed by atoms with Gasteiger partial charge in [-0.2, -0.15) is 13.2 Å². The summed E-state index contributed by atoms with van der Waals surface area (Å²) in [6.45, 7) is 1.77. The first-order valence-corrected chi connectivity index (χ1v) is 6.93. The highest BCUT2D eigenvalue weighted by atomic mass is 19.4. The molecule has 2 N–H and O–H groups in total. The Hall–Kier alpha value is -2.35. The van der Waals surface area contributed by atoms with Gasteiger partial charge in [0, 0.05) is 24.7 Å². The maximum atomic E-state index is 12.8. The van der Waals surface area contributed by atoms with Crippen LogP contribution < -0.4 is 10.7 Å². The molecule has 1 heterocycles. The number of hydrogen-bond acceptors (Lipinski definition) is 3. The van der Waals surface area contributed by atoms with Crippen molar-refractivity contribution in [1.29, 1.82) is 0 Å². The van der Waals surface area contributed by atoms with Gasteiger partial charge in [0.25, 0.3) is 5.91 Å². The molecule has 2 aromatic rings. The van der Waals surface area contributed by atoms with E-state index in [4.69, 9.17) is 5.11 Å². The number of amides is 1. The lowest BCUT2D eigenvalue weighted by Gasteiger charge is -2.13. The molecule has 1 amide bonds. The van der Waals surface area contributed by atoms with E-state index in [2.05, 4.69) is 5.32 Å². The summed E-state index contributed by atoms with van der Waals surface area (Å²) in [6, 6.07) is 2.88. The number of aryl methyl sites for hydroxylation is 1. The van der Waals surface area contributed by atoms with E-state index >= 15 is 0 Å². The van der Waals surface area contributed by atoms with Gasteiger partial charge in [-0.3, -0.25) is 9.59 Å². The molecule has 0 bridgehead atoms. The highest BCUT2D eigenvalue weighted by Crippen LogP contribution is 2.30. The average molecular weight is 328 g/mol. The van der Waals surface area contributed by atoms with Crippen LogP contribution in [0.5, 0.6) is 0 Å². The van der Waals surface area contributed by atoms with Crippen LogP contribution in [-0.4, -0.2) is 28.7 Å². The molecule has 5 nitrogen and oxygen atoms in total. The van der Waals surface area contributed by atoms with Gasteiger partial charge in [0.1, 0.15) is 5.56 Å². The SMILES string of the molecule is CCn1cc(C(=O)NCCO)c(=O)c2cc(C(F)(F)F)ccc21. The van der Waals surface area contributed by atoms with Gasteiger partial charge >= 0.3 is 6.18 Å². The first-order chi connectivity index (χ1) is 10.8. The Kier molecular flexibility index (Phi) is 4.74. The second-order valence-corrected chi connectivity index (χ2v) is 4.87. The second kappa shape index (κ2) is 6.41. The Morgan fingerprint density at radius 3 is 2.61 bits per heavy atom. The molecule has 0 aliphatic heterocycles. The molecular formula is C15H15F3N2O3. The maximum Gasteiger partial charge on any atom is 0.416 e. The Balaban J connectivity index is 2.69. The Labute approximate surface area is 129 Å². The van der Waals surface area contributed by atoms with Gasteiger partial charge in [-0.05, 0) is 25.1 Å². The molecule has 0 saturated heterocycles. The zero-order valence-electron chi connectivity index (χ0n) is 12.3. The summed E-state index contributed by atoms with van der Waals surface area (Å²) in [5.74, 6) is -0.731. The van der Waals surface area contributed by atoms with Gasteiger partial charge in [-0.15, -0.1) is 0 Å². The second-order valence-electron chi connectivity index (χ2n) is 4.87. The largest absolute Gasteiger partial charge is 0.416 e. The van der Waals surface area contributed by atoms with Crippen LogP contribution in [0, 0.1) is 0 Å². The van der Waals surface area contributed by atoms with Crippen LogP contribution >= 0.6 is 0 Å². The number of fused-ring (bicyclic) bond motifs is 1.